The minimum atomic E-state index is 0.606. The summed E-state index contributed by atoms with van der Waals surface area (Å²) in [6.07, 6.45) is 1.06. The van der Waals surface area contributed by atoms with Crippen LogP contribution in [0.1, 0.15) is 19.4 Å². The van der Waals surface area contributed by atoms with Gasteiger partial charge in [0.05, 0.1) is 11.2 Å². The van der Waals surface area contributed by atoms with Crippen LogP contribution in [0.15, 0.2) is 72.8 Å². The molecular weight excluding hydrogens is 346 g/mol. The van der Waals surface area contributed by atoms with E-state index in [4.69, 9.17) is 4.98 Å². The second-order valence-electron chi connectivity index (χ2n) is 7.59. The van der Waals surface area contributed by atoms with E-state index in [1.165, 1.54) is 36.7 Å². The van der Waals surface area contributed by atoms with Gasteiger partial charge in [-0.2, -0.15) is 0 Å². The summed E-state index contributed by atoms with van der Waals surface area (Å²) in [4.78, 5) is 5.04. The van der Waals surface area contributed by atoms with Gasteiger partial charge in [0.2, 0.25) is 0 Å². The molecule has 0 saturated carbocycles. The molecule has 0 fully saturated rings. The third kappa shape index (κ3) is 2.90. The molecule has 5 rings (SSSR count). The second-order valence-corrected chi connectivity index (χ2v) is 8.68. The van der Waals surface area contributed by atoms with Crippen molar-refractivity contribution < 1.29 is 0 Å². The Morgan fingerprint density at radius 3 is 2.37 bits per heavy atom. The van der Waals surface area contributed by atoms with E-state index < -0.39 is 0 Å². The standard InChI is InChI=1S/C25H21NS/c1-16(2)12-18-13-22(17-8-4-3-5-9-17)26-23-15-25-21(14-20(18)23)19-10-6-7-11-24(19)27-25/h3-11,13-16H,12H2,1-2H3. The molecule has 2 aromatic heterocycles. The maximum Gasteiger partial charge on any atom is 0.0726 e. The van der Waals surface area contributed by atoms with Gasteiger partial charge < -0.3 is 0 Å². The topological polar surface area (TPSA) is 12.9 Å². The first-order valence-electron chi connectivity index (χ1n) is 9.49. The first-order valence-corrected chi connectivity index (χ1v) is 10.3. The van der Waals surface area contributed by atoms with Gasteiger partial charge in [-0.25, -0.2) is 4.98 Å². The Balaban J connectivity index is 1.83. The summed E-state index contributed by atoms with van der Waals surface area (Å²) in [7, 11) is 0. The van der Waals surface area contributed by atoms with Gasteiger partial charge in [-0.3, -0.25) is 0 Å². The second kappa shape index (κ2) is 6.47. The van der Waals surface area contributed by atoms with Gasteiger partial charge in [-0.1, -0.05) is 62.4 Å². The molecule has 27 heavy (non-hydrogen) atoms. The van der Waals surface area contributed by atoms with Gasteiger partial charge in [0.25, 0.3) is 0 Å². The number of rotatable bonds is 3. The molecular formula is C25H21NS. The molecule has 3 aromatic carbocycles. The van der Waals surface area contributed by atoms with Crippen molar-refractivity contribution >= 4 is 42.4 Å². The molecule has 0 spiro atoms. The van der Waals surface area contributed by atoms with Gasteiger partial charge in [-0.05, 0) is 42.2 Å². The van der Waals surface area contributed by atoms with E-state index in [-0.39, 0.29) is 0 Å². The number of fused-ring (bicyclic) bond motifs is 4. The van der Waals surface area contributed by atoms with Crippen LogP contribution in [-0.2, 0) is 6.42 Å². The Morgan fingerprint density at radius 1 is 0.778 bits per heavy atom. The van der Waals surface area contributed by atoms with Crippen molar-refractivity contribution in [1.29, 1.82) is 0 Å². The summed E-state index contributed by atoms with van der Waals surface area (Å²) < 4.78 is 2.66. The molecule has 132 valence electrons. The van der Waals surface area contributed by atoms with E-state index in [1.54, 1.807) is 0 Å². The fourth-order valence-corrected chi connectivity index (χ4v) is 5.00. The number of hydrogen-bond donors (Lipinski definition) is 0. The summed E-state index contributed by atoms with van der Waals surface area (Å²) in [6.45, 7) is 4.57. The third-order valence-electron chi connectivity index (χ3n) is 5.09. The van der Waals surface area contributed by atoms with Crippen molar-refractivity contribution in [2.24, 2.45) is 5.92 Å². The molecule has 2 heteroatoms. The fourth-order valence-electron chi connectivity index (χ4n) is 3.88. The van der Waals surface area contributed by atoms with Crippen LogP contribution in [0.5, 0.6) is 0 Å². The molecule has 2 heterocycles. The van der Waals surface area contributed by atoms with Crippen molar-refractivity contribution in [2.45, 2.75) is 20.3 Å². The maximum atomic E-state index is 5.04. The molecule has 0 aliphatic rings. The van der Waals surface area contributed by atoms with Crippen molar-refractivity contribution in [3.63, 3.8) is 0 Å². The SMILES string of the molecule is CC(C)Cc1cc(-c2ccccc2)nc2cc3sc4ccccc4c3cc12. The van der Waals surface area contributed by atoms with Gasteiger partial charge in [0.15, 0.2) is 0 Å². The Labute approximate surface area is 163 Å². The highest BCUT2D eigenvalue weighted by Crippen LogP contribution is 2.37. The van der Waals surface area contributed by atoms with Crippen LogP contribution in [0, 0.1) is 5.92 Å². The molecule has 0 radical (unpaired) electrons. The van der Waals surface area contributed by atoms with Crippen LogP contribution < -0.4 is 0 Å². The van der Waals surface area contributed by atoms with Crippen molar-refractivity contribution in [3.8, 4) is 11.3 Å². The van der Waals surface area contributed by atoms with E-state index in [1.807, 2.05) is 11.3 Å². The van der Waals surface area contributed by atoms with E-state index in [9.17, 15) is 0 Å². The number of thiophene rings is 1. The maximum absolute atomic E-state index is 5.04. The molecule has 0 saturated heterocycles. The summed E-state index contributed by atoms with van der Waals surface area (Å²) >= 11 is 1.86. The molecule has 0 aliphatic heterocycles. The number of hydrogen-bond acceptors (Lipinski definition) is 2. The highest BCUT2D eigenvalue weighted by Gasteiger charge is 2.13. The van der Waals surface area contributed by atoms with E-state index in [0.29, 0.717) is 5.92 Å². The summed E-state index contributed by atoms with van der Waals surface area (Å²) in [5, 5.41) is 3.99. The molecule has 0 N–H and O–H groups in total. The molecule has 0 unspecified atom stereocenters. The zero-order chi connectivity index (χ0) is 18.4. The monoisotopic (exact) mass is 367 g/mol. The van der Waals surface area contributed by atoms with Gasteiger partial charge >= 0.3 is 0 Å². The fraction of sp³-hybridized carbons (Fsp3) is 0.160. The third-order valence-corrected chi connectivity index (χ3v) is 6.22. The zero-order valence-electron chi connectivity index (χ0n) is 15.6. The normalized spacial score (nSPS) is 11.8. The van der Waals surface area contributed by atoms with Gasteiger partial charge in [-0.15, -0.1) is 11.3 Å². The lowest BCUT2D eigenvalue weighted by molar-refractivity contribution is 0.650. The Morgan fingerprint density at radius 2 is 1.56 bits per heavy atom. The zero-order valence-corrected chi connectivity index (χ0v) is 16.4. The highest BCUT2D eigenvalue weighted by atomic mass is 32.1. The molecule has 0 aliphatic carbocycles. The summed E-state index contributed by atoms with van der Waals surface area (Å²) in [6, 6.07) is 26.1. The largest absolute Gasteiger partial charge is 0.248 e. The number of pyridine rings is 1. The first kappa shape index (κ1) is 16.5. The predicted molar refractivity (Wildman–Crippen MR) is 119 cm³/mol. The van der Waals surface area contributed by atoms with Crippen LogP contribution in [0.4, 0.5) is 0 Å². The predicted octanol–water partition coefficient (Wildman–Crippen LogP) is 7.47. The van der Waals surface area contributed by atoms with Gasteiger partial charge in [0.1, 0.15) is 0 Å². The van der Waals surface area contributed by atoms with E-state index >= 15 is 0 Å². The number of benzene rings is 3. The lowest BCUT2D eigenvalue weighted by Crippen LogP contribution is -1.98. The highest BCUT2D eigenvalue weighted by molar-refractivity contribution is 7.25. The average molecular weight is 368 g/mol. The van der Waals surface area contributed by atoms with Crippen LogP contribution in [-0.4, -0.2) is 4.98 Å². The van der Waals surface area contributed by atoms with Crippen molar-refractivity contribution in [2.75, 3.05) is 0 Å². The Bertz CT molecular complexity index is 1270. The van der Waals surface area contributed by atoms with Crippen molar-refractivity contribution in [3.05, 3.63) is 78.4 Å². The Hall–Kier alpha value is -2.71. The van der Waals surface area contributed by atoms with Crippen LogP contribution in [0.2, 0.25) is 0 Å². The van der Waals surface area contributed by atoms with Crippen LogP contribution in [0.25, 0.3) is 42.3 Å². The molecule has 0 bridgehead atoms. The Kier molecular flexibility index (Phi) is 3.95. The van der Waals surface area contributed by atoms with E-state index in [0.717, 1.165) is 17.6 Å². The number of nitrogens with zero attached hydrogens (tertiary/aromatic N) is 1. The molecule has 1 nitrogen and oxygen atoms in total. The first-order chi connectivity index (χ1) is 13.2. The van der Waals surface area contributed by atoms with Crippen LogP contribution in [0.3, 0.4) is 0 Å². The van der Waals surface area contributed by atoms with Crippen LogP contribution >= 0.6 is 11.3 Å². The summed E-state index contributed by atoms with van der Waals surface area (Å²) in [5.41, 5.74) is 4.75. The van der Waals surface area contributed by atoms with Gasteiger partial charge in [0, 0.05) is 31.1 Å². The van der Waals surface area contributed by atoms with Crippen molar-refractivity contribution in [1.82, 2.24) is 4.98 Å². The average Bonchev–Trinajstić information content (AvgIpc) is 3.04. The quantitative estimate of drug-likeness (QED) is 0.322. The molecule has 5 aromatic rings. The minimum Gasteiger partial charge on any atom is -0.248 e. The number of aromatic nitrogens is 1. The lowest BCUT2D eigenvalue weighted by atomic mass is 9.96. The molecule has 0 atom stereocenters. The molecule has 0 amide bonds. The summed E-state index contributed by atoms with van der Waals surface area (Å²) in [5.74, 6) is 0.606. The van der Waals surface area contributed by atoms with E-state index in [2.05, 4.69) is 86.6 Å². The lowest BCUT2D eigenvalue weighted by Gasteiger charge is -2.12. The smallest absolute Gasteiger partial charge is 0.0726 e. The minimum absolute atomic E-state index is 0.606.